The molecule has 7 heteroatoms. The Morgan fingerprint density at radius 2 is 1.71 bits per heavy atom. The highest BCUT2D eigenvalue weighted by molar-refractivity contribution is 6.31. The Balaban J connectivity index is 1.77. The third-order valence-electron chi connectivity index (χ3n) is 6.00. The zero-order valence-electron chi connectivity index (χ0n) is 19.8. The fourth-order valence-electron chi connectivity index (χ4n) is 3.97. The summed E-state index contributed by atoms with van der Waals surface area (Å²) in [4.78, 5) is 21.1. The Morgan fingerprint density at radius 3 is 2.37 bits per heavy atom. The molecule has 0 spiro atoms. The van der Waals surface area contributed by atoms with Gasteiger partial charge in [-0.2, -0.15) is 0 Å². The number of aromatic hydroxyl groups is 1. The van der Waals surface area contributed by atoms with Gasteiger partial charge in [0.2, 0.25) is 0 Å². The Morgan fingerprint density at radius 1 is 1.03 bits per heavy atom. The van der Waals surface area contributed by atoms with Crippen molar-refractivity contribution in [3.63, 3.8) is 0 Å². The molecular formula is C28H28ClN3O3. The number of benzene rings is 3. The molecule has 6 nitrogen and oxygen atoms in total. The lowest BCUT2D eigenvalue weighted by molar-refractivity contribution is -0.136. The van der Waals surface area contributed by atoms with Crippen molar-refractivity contribution in [3.05, 3.63) is 94.0 Å². The number of aromatic amines is 1. The number of rotatable bonds is 9. The molecule has 0 aliphatic heterocycles. The molecule has 0 fully saturated rings. The smallest absolute Gasteiger partial charge is 0.303 e. The molecule has 0 saturated carbocycles. The Labute approximate surface area is 209 Å². The minimum absolute atomic E-state index is 0.0113. The largest absolute Gasteiger partial charge is 0.494 e. The number of aryl methyl sites for hydroxylation is 1. The Kier molecular flexibility index (Phi) is 7.54. The molecule has 0 radical (unpaired) electrons. The van der Waals surface area contributed by atoms with Crippen LogP contribution in [-0.4, -0.2) is 45.4 Å². The lowest BCUT2D eigenvalue weighted by Gasteiger charge is -2.14. The monoisotopic (exact) mass is 489 g/mol. The Hall–Kier alpha value is -3.61. The van der Waals surface area contributed by atoms with Crippen LogP contribution in [0.25, 0.3) is 10.9 Å². The number of aromatic nitrogens is 1. The van der Waals surface area contributed by atoms with Gasteiger partial charge in [0, 0.05) is 28.9 Å². The van der Waals surface area contributed by atoms with E-state index < -0.39 is 5.97 Å². The summed E-state index contributed by atoms with van der Waals surface area (Å²) in [6, 6.07) is 21.1. The summed E-state index contributed by atoms with van der Waals surface area (Å²) in [5.74, 6) is -0.815. The number of carbonyl (C=O) groups is 1. The van der Waals surface area contributed by atoms with E-state index in [0.29, 0.717) is 28.2 Å². The maximum atomic E-state index is 10.9. The predicted molar refractivity (Wildman–Crippen MR) is 141 cm³/mol. The number of fused-ring (bicyclic) bond motifs is 1. The van der Waals surface area contributed by atoms with Gasteiger partial charge in [-0.15, -0.1) is 0 Å². The topological polar surface area (TPSA) is 88.9 Å². The van der Waals surface area contributed by atoms with Crippen LogP contribution >= 0.6 is 11.6 Å². The van der Waals surface area contributed by atoms with Gasteiger partial charge in [-0.25, -0.2) is 4.99 Å². The predicted octanol–water partition coefficient (Wildman–Crippen LogP) is 6.16. The number of nitrogens with one attached hydrogen (secondary N) is 1. The second kappa shape index (κ2) is 10.8. The summed E-state index contributed by atoms with van der Waals surface area (Å²) < 4.78 is 0. The maximum absolute atomic E-state index is 10.9. The summed E-state index contributed by atoms with van der Waals surface area (Å²) in [6.45, 7) is 3.95. The number of H-pyrrole nitrogens is 1. The number of carboxylic acid groups (broad SMARTS) is 1. The Bertz CT molecular complexity index is 1360. The molecule has 3 N–H and O–H groups in total. The molecule has 0 aliphatic carbocycles. The molecule has 0 saturated heterocycles. The van der Waals surface area contributed by atoms with Crippen molar-refractivity contribution < 1.29 is 15.0 Å². The average molecular weight is 490 g/mol. The van der Waals surface area contributed by atoms with Gasteiger partial charge < -0.3 is 20.1 Å². The number of hydrogen-bond donors (Lipinski definition) is 3. The van der Waals surface area contributed by atoms with Crippen LogP contribution in [0.15, 0.2) is 71.7 Å². The summed E-state index contributed by atoms with van der Waals surface area (Å²) >= 11 is 6.16. The molecule has 1 heterocycles. The van der Waals surface area contributed by atoms with Crippen molar-refractivity contribution in [1.82, 2.24) is 9.88 Å². The number of nitrogens with zero attached hydrogens (tertiary/aromatic N) is 2. The number of halogens is 1. The highest BCUT2D eigenvalue weighted by atomic mass is 35.5. The first-order valence-corrected chi connectivity index (χ1v) is 11.9. The molecule has 4 rings (SSSR count). The van der Waals surface area contributed by atoms with Crippen molar-refractivity contribution in [2.24, 2.45) is 4.99 Å². The van der Waals surface area contributed by atoms with Crippen LogP contribution in [-0.2, 0) is 17.8 Å². The molecule has 180 valence electrons. The quantitative estimate of drug-likeness (QED) is 0.245. The molecule has 0 unspecified atom stereocenters. The van der Waals surface area contributed by atoms with Crippen LogP contribution in [0, 0.1) is 0 Å². The van der Waals surface area contributed by atoms with Gasteiger partial charge in [-0.1, -0.05) is 61.0 Å². The fraction of sp³-hybridized carbons (Fsp3) is 0.214. The van der Waals surface area contributed by atoms with Crippen molar-refractivity contribution in [2.45, 2.75) is 26.3 Å². The highest BCUT2D eigenvalue weighted by Crippen LogP contribution is 2.33. The van der Waals surface area contributed by atoms with Gasteiger partial charge in [0.05, 0.1) is 22.5 Å². The number of carboxylic acids is 1. The second-order valence-corrected chi connectivity index (χ2v) is 9.02. The molecule has 0 bridgehead atoms. The number of aliphatic carboxylic acids is 1. The van der Waals surface area contributed by atoms with Crippen LogP contribution in [0.5, 0.6) is 5.88 Å². The normalized spacial score (nSPS) is 11.9. The van der Waals surface area contributed by atoms with Gasteiger partial charge in [0.25, 0.3) is 0 Å². The lowest BCUT2D eigenvalue weighted by Crippen LogP contribution is -2.16. The van der Waals surface area contributed by atoms with Crippen LogP contribution < -0.4 is 0 Å². The van der Waals surface area contributed by atoms with Gasteiger partial charge >= 0.3 is 5.97 Å². The standard InChI is InChI=1S/C28H28ClN3O3/c1-3-32(2)17-19-6-12-22(13-7-19)30-27(20-9-4-18(5-10-20)8-15-25(33)34)26-23-14-11-21(29)16-24(23)31-28(26)35/h4-7,9-14,16,31,35H,3,8,15,17H2,1-2H3,(H,33,34). The van der Waals surface area contributed by atoms with Crippen LogP contribution in [0.4, 0.5) is 5.69 Å². The van der Waals surface area contributed by atoms with E-state index in [4.69, 9.17) is 21.7 Å². The molecule has 1 aromatic heterocycles. The molecule has 0 amide bonds. The minimum atomic E-state index is -0.827. The zero-order valence-corrected chi connectivity index (χ0v) is 20.5. The van der Waals surface area contributed by atoms with Crippen LogP contribution in [0.1, 0.15) is 35.6 Å². The van der Waals surface area contributed by atoms with E-state index in [-0.39, 0.29) is 12.3 Å². The summed E-state index contributed by atoms with van der Waals surface area (Å²) in [6.07, 6.45) is 0.524. The molecule has 3 aromatic carbocycles. The number of hydrogen-bond acceptors (Lipinski definition) is 4. The first-order valence-electron chi connectivity index (χ1n) is 11.5. The first-order chi connectivity index (χ1) is 16.8. The van der Waals surface area contributed by atoms with Gasteiger partial charge in [-0.3, -0.25) is 4.79 Å². The zero-order chi connectivity index (χ0) is 24.9. The number of aliphatic imine (C=N–C) groups is 1. The molecule has 0 atom stereocenters. The van der Waals surface area contributed by atoms with Crippen molar-refractivity contribution in [3.8, 4) is 5.88 Å². The van der Waals surface area contributed by atoms with Crippen molar-refractivity contribution in [1.29, 1.82) is 0 Å². The third kappa shape index (κ3) is 5.91. The molecule has 4 aromatic rings. The van der Waals surface area contributed by atoms with E-state index in [0.717, 1.165) is 35.3 Å². The van der Waals surface area contributed by atoms with E-state index in [9.17, 15) is 9.90 Å². The molecule has 0 aliphatic rings. The minimum Gasteiger partial charge on any atom is -0.494 e. The average Bonchev–Trinajstić information content (AvgIpc) is 3.17. The van der Waals surface area contributed by atoms with E-state index in [2.05, 4.69) is 36.0 Å². The van der Waals surface area contributed by atoms with E-state index in [1.165, 1.54) is 5.56 Å². The first kappa shape index (κ1) is 24.5. The van der Waals surface area contributed by atoms with E-state index >= 15 is 0 Å². The van der Waals surface area contributed by atoms with Crippen LogP contribution in [0.2, 0.25) is 5.02 Å². The van der Waals surface area contributed by atoms with E-state index in [1.807, 2.05) is 42.5 Å². The summed E-state index contributed by atoms with van der Waals surface area (Å²) in [5.41, 5.74) is 5.61. The van der Waals surface area contributed by atoms with Crippen LogP contribution in [0.3, 0.4) is 0 Å². The van der Waals surface area contributed by atoms with E-state index in [1.54, 1.807) is 12.1 Å². The summed E-state index contributed by atoms with van der Waals surface area (Å²) in [7, 11) is 2.08. The lowest BCUT2D eigenvalue weighted by atomic mass is 9.98. The molecular weight excluding hydrogens is 462 g/mol. The SMILES string of the molecule is CCN(C)Cc1ccc(N=C(c2ccc(CCC(=O)O)cc2)c2c(O)[nH]c3cc(Cl)ccc23)cc1. The van der Waals surface area contributed by atoms with Crippen molar-refractivity contribution >= 4 is 39.9 Å². The molecule has 35 heavy (non-hydrogen) atoms. The third-order valence-corrected chi connectivity index (χ3v) is 6.24. The van der Waals surface area contributed by atoms with Gasteiger partial charge in [-0.05, 0) is 55.4 Å². The van der Waals surface area contributed by atoms with Gasteiger partial charge in [0.15, 0.2) is 5.88 Å². The summed E-state index contributed by atoms with van der Waals surface area (Å²) in [5, 5.41) is 21.2. The fourth-order valence-corrected chi connectivity index (χ4v) is 4.14. The second-order valence-electron chi connectivity index (χ2n) is 8.59. The van der Waals surface area contributed by atoms with Gasteiger partial charge in [0.1, 0.15) is 0 Å². The van der Waals surface area contributed by atoms with Crippen molar-refractivity contribution in [2.75, 3.05) is 13.6 Å². The maximum Gasteiger partial charge on any atom is 0.303 e. The highest BCUT2D eigenvalue weighted by Gasteiger charge is 2.19.